The van der Waals surface area contributed by atoms with Crippen molar-refractivity contribution in [3.8, 4) is 0 Å². The van der Waals surface area contributed by atoms with E-state index in [1.165, 1.54) is 5.56 Å². The van der Waals surface area contributed by atoms with Gasteiger partial charge in [-0.1, -0.05) is 30.3 Å². The van der Waals surface area contributed by atoms with Gasteiger partial charge in [0.1, 0.15) is 0 Å². The lowest BCUT2D eigenvalue weighted by molar-refractivity contribution is -0.131. The van der Waals surface area contributed by atoms with Crippen LogP contribution in [0.15, 0.2) is 30.3 Å². The number of likely N-dealkylation sites (N-methyl/N-ethyl adjacent to an activating group) is 1. The van der Waals surface area contributed by atoms with Crippen LogP contribution in [0.5, 0.6) is 0 Å². The van der Waals surface area contributed by atoms with E-state index >= 15 is 0 Å². The van der Waals surface area contributed by atoms with Crippen LogP contribution in [-0.2, 0) is 11.2 Å². The van der Waals surface area contributed by atoms with Gasteiger partial charge in [0.2, 0.25) is 5.91 Å². The highest BCUT2D eigenvalue weighted by Gasteiger charge is 2.10. The van der Waals surface area contributed by atoms with Gasteiger partial charge in [-0.25, -0.2) is 0 Å². The molecule has 0 aromatic heterocycles. The number of aryl methyl sites for hydroxylation is 1. The molecule has 1 atom stereocenters. The largest absolute Gasteiger partial charge is 0.392 e. The first-order valence-electron chi connectivity index (χ1n) is 5.55. The number of nitrogens with zero attached hydrogens (tertiary/aromatic N) is 1. The Morgan fingerprint density at radius 3 is 2.56 bits per heavy atom. The lowest BCUT2D eigenvalue weighted by Crippen LogP contribution is -2.33. The van der Waals surface area contributed by atoms with E-state index in [1.54, 1.807) is 18.9 Å². The third-order valence-electron chi connectivity index (χ3n) is 2.43. The van der Waals surface area contributed by atoms with Crippen molar-refractivity contribution in [1.29, 1.82) is 0 Å². The van der Waals surface area contributed by atoms with Crippen molar-refractivity contribution in [1.82, 2.24) is 4.90 Å². The quantitative estimate of drug-likeness (QED) is 0.817. The Morgan fingerprint density at radius 1 is 1.38 bits per heavy atom. The molecule has 16 heavy (non-hydrogen) atoms. The molecule has 0 heterocycles. The molecule has 1 N–H and O–H groups in total. The normalized spacial score (nSPS) is 12.2. The lowest BCUT2D eigenvalue weighted by Gasteiger charge is -2.18. The summed E-state index contributed by atoms with van der Waals surface area (Å²) in [6.07, 6.45) is 0.780. The minimum absolute atomic E-state index is 0.0738. The molecule has 0 aliphatic rings. The summed E-state index contributed by atoms with van der Waals surface area (Å²) in [5, 5.41) is 9.16. The van der Waals surface area contributed by atoms with E-state index in [-0.39, 0.29) is 5.91 Å². The van der Waals surface area contributed by atoms with Crippen LogP contribution in [0, 0.1) is 0 Å². The predicted molar refractivity (Wildman–Crippen MR) is 64.1 cm³/mol. The van der Waals surface area contributed by atoms with Gasteiger partial charge < -0.3 is 10.0 Å². The molecule has 0 saturated heterocycles. The number of aliphatic hydroxyl groups is 1. The van der Waals surface area contributed by atoms with Crippen molar-refractivity contribution in [3.63, 3.8) is 0 Å². The standard InChI is InChI=1S/C13H19NO2/c1-11(15)10-14(2)13(16)9-8-12-6-4-3-5-7-12/h3-7,11,15H,8-10H2,1-2H3. The number of amides is 1. The van der Waals surface area contributed by atoms with E-state index in [0.29, 0.717) is 13.0 Å². The number of hydrogen-bond donors (Lipinski definition) is 1. The van der Waals surface area contributed by atoms with Crippen molar-refractivity contribution < 1.29 is 9.90 Å². The average molecular weight is 221 g/mol. The molecule has 1 aromatic rings. The highest BCUT2D eigenvalue weighted by Crippen LogP contribution is 2.04. The second-order valence-corrected chi connectivity index (χ2v) is 4.11. The molecule has 0 fully saturated rings. The second-order valence-electron chi connectivity index (χ2n) is 4.11. The van der Waals surface area contributed by atoms with E-state index in [0.717, 1.165) is 6.42 Å². The summed E-state index contributed by atoms with van der Waals surface area (Å²) in [7, 11) is 1.72. The average Bonchev–Trinajstić information content (AvgIpc) is 2.26. The minimum atomic E-state index is -0.467. The van der Waals surface area contributed by atoms with Crippen LogP contribution < -0.4 is 0 Å². The Labute approximate surface area is 96.7 Å². The molecule has 1 amide bonds. The van der Waals surface area contributed by atoms with Gasteiger partial charge in [0.25, 0.3) is 0 Å². The number of carbonyl (C=O) groups excluding carboxylic acids is 1. The molecule has 88 valence electrons. The summed E-state index contributed by atoms with van der Waals surface area (Å²) >= 11 is 0. The van der Waals surface area contributed by atoms with Gasteiger partial charge >= 0.3 is 0 Å². The van der Waals surface area contributed by atoms with E-state index in [9.17, 15) is 4.79 Å². The fourth-order valence-electron chi connectivity index (χ4n) is 1.58. The summed E-state index contributed by atoms with van der Waals surface area (Å²) in [4.78, 5) is 13.2. The van der Waals surface area contributed by atoms with Crippen molar-refractivity contribution >= 4 is 5.91 Å². The van der Waals surface area contributed by atoms with Crippen LogP contribution in [0.4, 0.5) is 0 Å². The molecular formula is C13H19NO2. The monoisotopic (exact) mass is 221 g/mol. The van der Waals surface area contributed by atoms with Crippen LogP contribution >= 0.6 is 0 Å². The van der Waals surface area contributed by atoms with Crippen LogP contribution in [-0.4, -0.2) is 35.6 Å². The first-order chi connectivity index (χ1) is 7.59. The Kier molecular flexibility index (Phi) is 4.99. The topological polar surface area (TPSA) is 40.5 Å². The smallest absolute Gasteiger partial charge is 0.222 e. The number of benzene rings is 1. The molecule has 1 unspecified atom stereocenters. The van der Waals surface area contributed by atoms with E-state index < -0.39 is 6.10 Å². The molecule has 0 aliphatic carbocycles. The number of aliphatic hydroxyl groups excluding tert-OH is 1. The van der Waals surface area contributed by atoms with Gasteiger partial charge in [-0.2, -0.15) is 0 Å². The molecule has 0 aliphatic heterocycles. The third-order valence-corrected chi connectivity index (χ3v) is 2.43. The van der Waals surface area contributed by atoms with Gasteiger partial charge in [0.05, 0.1) is 6.10 Å². The first kappa shape index (κ1) is 12.7. The van der Waals surface area contributed by atoms with E-state index in [1.807, 2.05) is 30.3 Å². The predicted octanol–water partition coefficient (Wildman–Crippen LogP) is 1.46. The van der Waals surface area contributed by atoms with Gasteiger partial charge in [-0.05, 0) is 18.9 Å². The summed E-state index contributed by atoms with van der Waals surface area (Å²) < 4.78 is 0. The maximum absolute atomic E-state index is 11.7. The van der Waals surface area contributed by atoms with Crippen molar-refractivity contribution in [2.24, 2.45) is 0 Å². The van der Waals surface area contributed by atoms with Gasteiger partial charge in [0, 0.05) is 20.0 Å². The summed E-state index contributed by atoms with van der Waals surface area (Å²) in [5.74, 6) is 0.0738. The van der Waals surface area contributed by atoms with Gasteiger partial charge in [-0.15, -0.1) is 0 Å². The Bertz CT molecular complexity index is 322. The zero-order chi connectivity index (χ0) is 12.0. The second kappa shape index (κ2) is 6.28. The van der Waals surface area contributed by atoms with Crippen LogP contribution in [0.25, 0.3) is 0 Å². The minimum Gasteiger partial charge on any atom is -0.392 e. The molecule has 1 aromatic carbocycles. The first-order valence-corrected chi connectivity index (χ1v) is 5.55. The maximum Gasteiger partial charge on any atom is 0.222 e. The Morgan fingerprint density at radius 2 is 2.00 bits per heavy atom. The van der Waals surface area contributed by atoms with Crippen LogP contribution in [0.1, 0.15) is 18.9 Å². The zero-order valence-electron chi connectivity index (χ0n) is 9.89. The maximum atomic E-state index is 11.7. The van der Waals surface area contributed by atoms with Gasteiger partial charge in [-0.3, -0.25) is 4.79 Å². The molecule has 0 spiro atoms. The summed E-state index contributed by atoms with van der Waals surface area (Å²) in [5.41, 5.74) is 1.17. The van der Waals surface area contributed by atoms with Crippen molar-refractivity contribution in [3.05, 3.63) is 35.9 Å². The highest BCUT2D eigenvalue weighted by molar-refractivity contribution is 5.76. The molecular weight excluding hydrogens is 202 g/mol. The molecule has 3 heteroatoms. The number of rotatable bonds is 5. The van der Waals surface area contributed by atoms with Gasteiger partial charge in [0.15, 0.2) is 0 Å². The molecule has 3 nitrogen and oxygen atoms in total. The zero-order valence-corrected chi connectivity index (χ0v) is 9.89. The van der Waals surface area contributed by atoms with Crippen molar-refractivity contribution in [2.75, 3.05) is 13.6 Å². The fourth-order valence-corrected chi connectivity index (χ4v) is 1.58. The fraction of sp³-hybridized carbons (Fsp3) is 0.462. The Balaban J connectivity index is 2.35. The molecule has 0 radical (unpaired) electrons. The van der Waals surface area contributed by atoms with Crippen LogP contribution in [0.3, 0.4) is 0 Å². The van der Waals surface area contributed by atoms with Crippen LogP contribution in [0.2, 0.25) is 0 Å². The lowest BCUT2D eigenvalue weighted by atomic mass is 10.1. The highest BCUT2D eigenvalue weighted by atomic mass is 16.3. The Hall–Kier alpha value is -1.35. The third kappa shape index (κ3) is 4.45. The van der Waals surface area contributed by atoms with Crippen molar-refractivity contribution in [2.45, 2.75) is 25.9 Å². The molecule has 1 rings (SSSR count). The SMILES string of the molecule is CC(O)CN(C)C(=O)CCc1ccccc1. The molecule has 0 saturated carbocycles. The number of hydrogen-bond acceptors (Lipinski definition) is 2. The summed E-state index contributed by atoms with van der Waals surface area (Å²) in [6, 6.07) is 9.94. The summed E-state index contributed by atoms with van der Waals surface area (Å²) in [6.45, 7) is 2.08. The van der Waals surface area contributed by atoms with E-state index in [2.05, 4.69) is 0 Å². The number of carbonyl (C=O) groups is 1. The molecule has 0 bridgehead atoms. The van der Waals surface area contributed by atoms with E-state index in [4.69, 9.17) is 5.11 Å².